The molecule has 9 heteroatoms. The van der Waals surface area contributed by atoms with Gasteiger partial charge in [-0.1, -0.05) is 11.6 Å². The number of hydrogen-bond donors (Lipinski definition) is 0. The molecule has 0 spiro atoms. The number of carbonyl (C=O) groups excluding carboxylic acids is 1. The monoisotopic (exact) mass is 312 g/mol. The second-order valence-electron chi connectivity index (χ2n) is 3.99. The standard InChI is InChI=1S/C11H9ClN4O3S/c1-15(11(17)10-5-13-20-14-10)6-7-4-8(16(18)19)2-3-9(7)12/h2-5H,6H2,1H3. The van der Waals surface area contributed by atoms with Gasteiger partial charge in [-0.15, -0.1) is 0 Å². The summed E-state index contributed by atoms with van der Waals surface area (Å²) in [6.07, 6.45) is 1.37. The number of halogens is 1. The lowest BCUT2D eigenvalue weighted by Gasteiger charge is -2.16. The van der Waals surface area contributed by atoms with Gasteiger partial charge in [-0.25, -0.2) is 0 Å². The molecule has 20 heavy (non-hydrogen) atoms. The van der Waals surface area contributed by atoms with Crippen LogP contribution in [-0.4, -0.2) is 31.5 Å². The van der Waals surface area contributed by atoms with E-state index in [2.05, 4.69) is 8.75 Å². The molecule has 1 aromatic heterocycles. The number of aromatic nitrogens is 2. The van der Waals surface area contributed by atoms with E-state index in [4.69, 9.17) is 11.6 Å². The van der Waals surface area contributed by atoms with Gasteiger partial charge in [0.05, 0.1) is 22.8 Å². The van der Waals surface area contributed by atoms with Gasteiger partial charge in [0.15, 0.2) is 5.69 Å². The molecular weight excluding hydrogens is 304 g/mol. The number of rotatable bonds is 4. The summed E-state index contributed by atoms with van der Waals surface area (Å²) in [6.45, 7) is 0.150. The molecule has 104 valence electrons. The molecule has 1 aromatic carbocycles. The second kappa shape index (κ2) is 5.93. The zero-order valence-corrected chi connectivity index (χ0v) is 11.9. The van der Waals surface area contributed by atoms with Crippen molar-refractivity contribution in [2.24, 2.45) is 0 Å². The first-order valence-corrected chi connectivity index (χ1v) is 6.55. The maximum Gasteiger partial charge on any atom is 0.275 e. The lowest BCUT2D eigenvalue weighted by Crippen LogP contribution is -2.26. The Balaban J connectivity index is 2.19. The van der Waals surface area contributed by atoms with Crippen molar-refractivity contribution in [3.63, 3.8) is 0 Å². The Morgan fingerprint density at radius 2 is 2.30 bits per heavy atom. The second-order valence-corrected chi connectivity index (χ2v) is 4.95. The van der Waals surface area contributed by atoms with Gasteiger partial charge in [0, 0.05) is 30.7 Å². The minimum atomic E-state index is -0.508. The zero-order chi connectivity index (χ0) is 14.7. The van der Waals surface area contributed by atoms with Crippen LogP contribution < -0.4 is 0 Å². The van der Waals surface area contributed by atoms with E-state index in [0.717, 1.165) is 11.7 Å². The first-order valence-electron chi connectivity index (χ1n) is 5.45. The average Bonchev–Trinajstić information content (AvgIpc) is 2.94. The van der Waals surface area contributed by atoms with E-state index in [0.29, 0.717) is 10.6 Å². The molecule has 7 nitrogen and oxygen atoms in total. The Kier molecular flexibility index (Phi) is 4.26. The third-order valence-corrected chi connectivity index (χ3v) is 3.42. The summed E-state index contributed by atoms with van der Waals surface area (Å²) < 4.78 is 7.60. The SMILES string of the molecule is CN(Cc1cc([N+](=O)[O-])ccc1Cl)C(=O)c1cnsn1. The number of nitrogens with zero attached hydrogens (tertiary/aromatic N) is 4. The summed E-state index contributed by atoms with van der Waals surface area (Å²) in [6, 6.07) is 4.11. The molecule has 1 heterocycles. The molecule has 0 fully saturated rings. The van der Waals surface area contributed by atoms with Crippen molar-refractivity contribution >= 4 is 34.9 Å². The summed E-state index contributed by atoms with van der Waals surface area (Å²) in [4.78, 5) is 23.6. The molecule has 0 atom stereocenters. The van der Waals surface area contributed by atoms with Crippen molar-refractivity contribution in [2.45, 2.75) is 6.54 Å². The van der Waals surface area contributed by atoms with Gasteiger partial charge in [0.1, 0.15) is 0 Å². The number of amides is 1. The summed E-state index contributed by atoms with van der Waals surface area (Å²) in [5, 5.41) is 11.1. The van der Waals surface area contributed by atoms with Gasteiger partial charge in [-0.2, -0.15) is 8.75 Å². The highest BCUT2D eigenvalue weighted by atomic mass is 35.5. The number of nitro groups is 1. The highest BCUT2D eigenvalue weighted by Crippen LogP contribution is 2.23. The van der Waals surface area contributed by atoms with Gasteiger partial charge in [-0.3, -0.25) is 14.9 Å². The fourth-order valence-electron chi connectivity index (χ4n) is 1.58. The van der Waals surface area contributed by atoms with Gasteiger partial charge < -0.3 is 4.90 Å². The number of non-ortho nitro benzene ring substituents is 1. The van der Waals surface area contributed by atoms with Crippen LogP contribution in [0.2, 0.25) is 5.02 Å². The Labute approximate surface area is 123 Å². The van der Waals surface area contributed by atoms with Crippen LogP contribution >= 0.6 is 23.3 Å². The first kappa shape index (κ1) is 14.4. The van der Waals surface area contributed by atoms with Gasteiger partial charge in [0.2, 0.25) is 0 Å². The fourth-order valence-corrected chi connectivity index (χ4v) is 2.16. The van der Waals surface area contributed by atoms with Crippen LogP contribution in [0.15, 0.2) is 24.4 Å². The molecule has 1 amide bonds. The predicted molar refractivity (Wildman–Crippen MR) is 73.8 cm³/mol. The van der Waals surface area contributed by atoms with E-state index in [1.807, 2.05) is 0 Å². The molecule has 0 aliphatic rings. The van der Waals surface area contributed by atoms with Crippen LogP contribution in [0.25, 0.3) is 0 Å². The van der Waals surface area contributed by atoms with Gasteiger partial charge in [-0.05, 0) is 11.6 Å². The molecule has 0 bridgehead atoms. The molecule has 0 radical (unpaired) electrons. The largest absolute Gasteiger partial charge is 0.336 e. The van der Waals surface area contributed by atoms with Crippen LogP contribution in [0.4, 0.5) is 5.69 Å². The lowest BCUT2D eigenvalue weighted by molar-refractivity contribution is -0.384. The number of nitro benzene ring substituents is 1. The molecular formula is C11H9ClN4O3S. The van der Waals surface area contributed by atoms with E-state index in [1.165, 1.54) is 29.3 Å². The van der Waals surface area contributed by atoms with E-state index in [9.17, 15) is 14.9 Å². The van der Waals surface area contributed by atoms with E-state index >= 15 is 0 Å². The summed E-state index contributed by atoms with van der Waals surface area (Å²) >= 11 is 6.93. The van der Waals surface area contributed by atoms with Crippen molar-refractivity contribution in [3.8, 4) is 0 Å². The Bertz CT molecular complexity index is 647. The topological polar surface area (TPSA) is 89.2 Å². The van der Waals surface area contributed by atoms with E-state index in [1.54, 1.807) is 7.05 Å². The smallest absolute Gasteiger partial charge is 0.275 e. The molecule has 0 N–H and O–H groups in total. The van der Waals surface area contributed by atoms with Crippen LogP contribution in [0, 0.1) is 10.1 Å². The van der Waals surface area contributed by atoms with Crippen LogP contribution in [0.5, 0.6) is 0 Å². The number of carbonyl (C=O) groups is 1. The lowest BCUT2D eigenvalue weighted by atomic mass is 10.2. The van der Waals surface area contributed by atoms with Crippen LogP contribution in [0.3, 0.4) is 0 Å². The molecule has 0 aliphatic heterocycles. The highest BCUT2D eigenvalue weighted by molar-refractivity contribution is 6.99. The van der Waals surface area contributed by atoms with Crippen LogP contribution in [-0.2, 0) is 6.54 Å². The van der Waals surface area contributed by atoms with Crippen molar-refractivity contribution < 1.29 is 9.72 Å². The van der Waals surface area contributed by atoms with Crippen molar-refractivity contribution in [1.29, 1.82) is 0 Å². The minimum Gasteiger partial charge on any atom is -0.336 e. The minimum absolute atomic E-state index is 0.0689. The summed E-state index contributed by atoms with van der Waals surface area (Å²) in [5.74, 6) is -0.318. The Morgan fingerprint density at radius 3 is 2.90 bits per heavy atom. The van der Waals surface area contributed by atoms with Gasteiger partial charge in [0.25, 0.3) is 11.6 Å². The van der Waals surface area contributed by atoms with Crippen LogP contribution in [0.1, 0.15) is 16.1 Å². The molecule has 0 saturated carbocycles. The van der Waals surface area contributed by atoms with Gasteiger partial charge >= 0.3 is 0 Å². The van der Waals surface area contributed by atoms with Crippen molar-refractivity contribution in [1.82, 2.24) is 13.6 Å². The zero-order valence-electron chi connectivity index (χ0n) is 10.3. The van der Waals surface area contributed by atoms with E-state index in [-0.39, 0.29) is 23.8 Å². The third kappa shape index (κ3) is 3.09. The maximum atomic E-state index is 12.0. The van der Waals surface area contributed by atoms with E-state index < -0.39 is 4.92 Å². The predicted octanol–water partition coefficient (Wildman–Crippen LogP) is 2.37. The highest BCUT2D eigenvalue weighted by Gasteiger charge is 2.17. The Hall–Kier alpha value is -2.06. The van der Waals surface area contributed by atoms with Crippen molar-refractivity contribution in [2.75, 3.05) is 7.05 Å². The fraction of sp³-hybridized carbons (Fsp3) is 0.182. The molecule has 2 aromatic rings. The summed E-state index contributed by atoms with van der Waals surface area (Å²) in [5.41, 5.74) is 0.666. The first-order chi connectivity index (χ1) is 9.49. The molecule has 0 saturated heterocycles. The molecule has 2 rings (SSSR count). The Morgan fingerprint density at radius 1 is 1.55 bits per heavy atom. The normalized spacial score (nSPS) is 10.3. The maximum absolute atomic E-state index is 12.0. The quantitative estimate of drug-likeness (QED) is 0.638. The molecule has 0 aliphatic carbocycles. The van der Waals surface area contributed by atoms with Crippen molar-refractivity contribution in [3.05, 3.63) is 50.8 Å². The third-order valence-electron chi connectivity index (χ3n) is 2.57. The number of benzene rings is 1. The average molecular weight is 313 g/mol. The molecule has 0 unspecified atom stereocenters. The number of hydrogen-bond acceptors (Lipinski definition) is 6. The summed E-state index contributed by atoms with van der Waals surface area (Å²) in [7, 11) is 1.57.